The van der Waals surface area contributed by atoms with Crippen molar-refractivity contribution in [2.24, 2.45) is 11.7 Å². The smallest absolute Gasteiger partial charge is 0.344 e. The molecule has 2 rings (SSSR count). The van der Waals surface area contributed by atoms with E-state index in [4.69, 9.17) is 15.2 Å². The third-order valence-electron chi connectivity index (χ3n) is 4.30. The molecule has 1 heterocycles. The number of nitrogens with two attached hydrogens (primary N) is 2. The van der Waals surface area contributed by atoms with E-state index in [1.54, 1.807) is 24.3 Å². The van der Waals surface area contributed by atoms with E-state index in [2.05, 4.69) is 5.32 Å². The lowest BCUT2D eigenvalue weighted by atomic mass is 9.83. The van der Waals surface area contributed by atoms with E-state index in [1.807, 2.05) is 13.8 Å². The number of quaternary nitrogens is 1. The highest BCUT2D eigenvalue weighted by Crippen LogP contribution is 2.28. The van der Waals surface area contributed by atoms with Gasteiger partial charge in [-0.1, -0.05) is 12.1 Å². The van der Waals surface area contributed by atoms with Crippen LogP contribution in [0.2, 0.25) is 0 Å². The molecule has 1 saturated heterocycles. The topological polar surface area (TPSA) is 95.2 Å². The van der Waals surface area contributed by atoms with Gasteiger partial charge in [-0.15, -0.1) is 0 Å². The molecule has 0 aromatic heterocycles. The van der Waals surface area contributed by atoms with Crippen molar-refractivity contribution in [1.29, 1.82) is 0 Å². The number of hydrogen-bond donors (Lipinski definition) is 2. The first kappa shape index (κ1) is 17.3. The maximum Gasteiger partial charge on any atom is 0.344 e. The van der Waals surface area contributed by atoms with E-state index in [-0.39, 0.29) is 12.2 Å². The van der Waals surface area contributed by atoms with E-state index in [1.165, 1.54) is 0 Å². The summed E-state index contributed by atoms with van der Waals surface area (Å²) in [6, 6.07) is 6.57. The first-order valence-electron chi connectivity index (χ1n) is 7.95. The van der Waals surface area contributed by atoms with Crippen LogP contribution in [0.25, 0.3) is 0 Å². The highest BCUT2D eigenvalue weighted by atomic mass is 16.6. The molecule has 0 spiro atoms. The highest BCUT2D eigenvalue weighted by molar-refractivity contribution is 5.95. The molecule has 1 amide bonds. The molecule has 0 aliphatic carbocycles. The Morgan fingerprint density at radius 3 is 2.57 bits per heavy atom. The van der Waals surface area contributed by atoms with E-state index in [0.717, 1.165) is 25.9 Å². The van der Waals surface area contributed by atoms with Crippen LogP contribution in [0.5, 0.6) is 5.75 Å². The molecular formula is C17H25N2O4+. The zero-order chi connectivity index (χ0) is 16.9. The summed E-state index contributed by atoms with van der Waals surface area (Å²) in [6.45, 7) is 5.77. The number of esters is 1. The summed E-state index contributed by atoms with van der Waals surface area (Å²) in [5, 5.41) is 2.28. The van der Waals surface area contributed by atoms with Gasteiger partial charge in [0.1, 0.15) is 11.4 Å². The molecule has 0 bridgehead atoms. The van der Waals surface area contributed by atoms with Crippen molar-refractivity contribution in [3.63, 3.8) is 0 Å². The Kier molecular flexibility index (Phi) is 5.60. The van der Waals surface area contributed by atoms with Gasteiger partial charge in [-0.2, -0.15) is 0 Å². The lowest BCUT2D eigenvalue weighted by molar-refractivity contribution is -0.665. The minimum absolute atomic E-state index is 0.243. The Hall–Kier alpha value is -2.08. The predicted octanol–water partition coefficient (Wildman–Crippen LogP) is 0.460. The average molecular weight is 321 g/mol. The SMILES string of the molecule is CC(C)(OC(=O)COc1ccccc1C(N)=O)C1CC[NH2+]CC1. The fourth-order valence-electron chi connectivity index (χ4n) is 2.96. The summed E-state index contributed by atoms with van der Waals surface area (Å²) >= 11 is 0. The van der Waals surface area contributed by atoms with Gasteiger partial charge >= 0.3 is 5.97 Å². The van der Waals surface area contributed by atoms with E-state index in [0.29, 0.717) is 11.7 Å². The van der Waals surface area contributed by atoms with Crippen LogP contribution in [0.1, 0.15) is 37.0 Å². The van der Waals surface area contributed by atoms with E-state index >= 15 is 0 Å². The molecule has 126 valence electrons. The lowest BCUT2D eigenvalue weighted by Gasteiger charge is -2.35. The van der Waals surface area contributed by atoms with Crippen molar-refractivity contribution in [1.82, 2.24) is 0 Å². The van der Waals surface area contributed by atoms with Gasteiger partial charge in [0.25, 0.3) is 5.91 Å². The molecule has 0 radical (unpaired) electrons. The molecule has 6 heteroatoms. The summed E-state index contributed by atoms with van der Waals surface area (Å²) in [5.74, 6) is -0.382. The number of amides is 1. The van der Waals surface area contributed by atoms with Crippen molar-refractivity contribution in [3.8, 4) is 5.75 Å². The molecule has 23 heavy (non-hydrogen) atoms. The standard InChI is InChI=1S/C17H24N2O4/c1-17(2,12-7-9-19-10-8-12)23-15(20)11-22-14-6-4-3-5-13(14)16(18)21/h3-6,12,19H,7-11H2,1-2H3,(H2,18,21)/p+1. The third kappa shape index (κ3) is 4.69. The molecule has 4 N–H and O–H groups in total. The van der Waals surface area contributed by atoms with Gasteiger partial charge in [0.05, 0.1) is 18.7 Å². The van der Waals surface area contributed by atoms with Gasteiger partial charge in [-0.05, 0) is 26.0 Å². The Balaban J connectivity index is 1.91. The first-order chi connectivity index (χ1) is 10.9. The number of ether oxygens (including phenoxy) is 2. The van der Waals surface area contributed by atoms with Crippen LogP contribution in [0.3, 0.4) is 0 Å². The van der Waals surface area contributed by atoms with Gasteiger partial charge in [-0.3, -0.25) is 4.79 Å². The zero-order valence-electron chi connectivity index (χ0n) is 13.7. The molecule has 0 unspecified atom stereocenters. The van der Waals surface area contributed by atoms with Crippen LogP contribution in [0, 0.1) is 5.92 Å². The monoisotopic (exact) mass is 321 g/mol. The number of rotatable bonds is 6. The average Bonchev–Trinajstić information content (AvgIpc) is 2.53. The van der Waals surface area contributed by atoms with Crippen LogP contribution >= 0.6 is 0 Å². The first-order valence-corrected chi connectivity index (χ1v) is 7.95. The van der Waals surface area contributed by atoms with Gasteiger partial charge in [0, 0.05) is 18.8 Å². The second-order valence-electron chi connectivity index (χ2n) is 6.37. The summed E-state index contributed by atoms with van der Waals surface area (Å²) in [6.07, 6.45) is 2.07. The van der Waals surface area contributed by atoms with Gasteiger partial charge in [0.2, 0.25) is 0 Å². The number of carbonyl (C=O) groups excluding carboxylic acids is 2. The summed E-state index contributed by atoms with van der Waals surface area (Å²) in [7, 11) is 0. The number of hydrogen-bond acceptors (Lipinski definition) is 4. The fourth-order valence-corrected chi connectivity index (χ4v) is 2.96. The molecular weight excluding hydrogens is 296 g/mol. The van der Waals surface area contributed by atoms with E-state index < -0.39 is 17.5 Å². The van der Waals surface area contributed by atoms with Gasteiger partial charge < -0.3 is 20.5 Å². The number of carbonyl (C=O) groups is 2. The van der Waals surface area contributed by atoms with Crippen LogP contribution in [0.4, 0.5) is 0 Å². The summed E-state index contributed by atoms with van der Waals surface area (Å²) < 4.78 is 11.0. The van der Waals surface area contributed by atoms with Crippen molar-refractivity contribution >= 4 is 11.9 Å². The van der Waals surface area contributed by atoms with Gasteiger partial charge in [-0.25, -0.2) is 4.79 Å². The number of piperidine rings is 1. The minimum Gasteiger partial charge on any atom is -0.481 e. The van der Waals surface area contributed by atoms with Crippen molar-refractivity contribution in [2.75, 3.05) is 19.7 Å². The Bertz CT molecular complexity index is 565. The molecule has 6 nitrogen and oxygen atoms in total. The van der Waals surface area contributed by atoms with Crippen LogP contribution in [0.15, 0.2) is 24.3 Å². The van der Waals surface area contributed by atoms with Crippen molar-refractivity contribution in [3.05, 3.63) is 29.8 Å². The second-order valence-corrected chi connectivity index (χ2v) is 6.37. The summed E-state index contributed by atoms with van der Waals surface area (Å²) in [5.41, 5.74) is 5.02. The van der Waals surface area contributed by atoms with Gasteiger partial charge in [0.15, 0.2) is 6.61 Å². The Morgan fingerprint density at radius 2 is 1.91 bits per heavy atom. The van der Waals surface area contributed by atoms with Crippen molar-refractivity contribution in [2.45, 2.75) is 32.3 Å². The fraction of sp³-hybridized carbons (Fsp3) is 0.529. The molecule has 1 fully saturated rings. The van der Waals surface area contributed by atoms with Crippen LogP contribution in [-0.4, -0.2) is 37.2 Å². The lowest BCUT2D eigenvalue weighted by Crippen LogP contribution is -2.86. The molecule has 1 aliphatic rings. The third-order valence-corrected chi connectivity index (χ3v) is 4.30. The zero-order valence-corrected chi connectivity index (χ0v) is 13.7. The molecule has 1 aromatic rings. The maximum atomic E-state index is 12.1. The normalized spacial score (nSPS) is 15.9. The van der Waals surface area contributed by atoms with Crippen LogP contribution in [-0.2, 0) is 9.53 Å². The minimum atomic E-state index is -0.590. The van der Waals surface area contributed by atoms with Crippen LogP contribution < -0.4 is 15.8 Å². The Labute approximate surface area is 136 Å². The largest absolute Gasteiger partial charge is 0.481 e. The second kappa shape index (κ2) is 7.46. The summed E-state index contributed by atoms with van der Waals surface area (Å²) in [4.78, 5) is 23.4. The molecule has 0 atom stereocenters. The maximum absolute atomic E-state index is 12.1. The molecule has 1 aliphatic heterocycles. The molecule has 1 aromatic carbocycles. The van der Waals surface area contributed by atoms with Crippen molar-refractivity contribution < 1.29 is 24.4 Å². The number of para-hydroxylation sites is 1. The molecule has 0 saturated carbocycles. The van der Waals surface area contributed by atoms with E-state index in [9.17, 15) is 9.59 Å². The number of primary amides is 1. The quantitative estimate of drug-likeness (QED) is 0.744. The highest BCUT2D eigenvalue weighted by Gasteiger charge is 2.35. The number of benzene rings is 1. The predicted molar refractivity (Wildman–Crippen MR) is 85.0 cm³/mol. The Morgan fingerprint density at radius 1 is 1.26 bits per heavy atom.